The second-order valence-electron chi connectivity index (χ2n) is 8.03. The van der Waals surface area contributed by atoms with Crippen molar-refractivity contribution < 1.29 is 24.7 Å². The fourth-order valence-corrected chi connectivity index (χ4v) is 3.92. The molecule has 2 rings (SSSR count). The first kappa shape index (κ1) is 27.0. The van der Waals surface area contributed by atoms with Gasteiger partial charge in [0.1, 0.15) is 6.04 Å². The summed E-state index contributed by atoms with van der Waals surface area (Å²) in [4.78, 5) is 40.3. The van der Waals surface area contributed by atoms with E-state index in [-0.39, 0.29) is 25.3 Å². The number of fused-ring (bicyclic) bond motifs is 1. The van der Waals surface area contributed by atoms with Crippen molar-refractivity contribution in [2.24, 2.45) is 5.92 Å². The summed E-state index contributed by atoms with van der Waals surface area (Å²) in [6.45, 7) is 3.87. The van der Waals surface area contributed by atoms with Crippen LogP contribution in [0.3, 0.4) is 0 Å². The molecular formula is C19H28BN7O6S. The maximum Gasteiger partial charge on any atom is 0.475 e. The van der Waals surface area contributed by atoms with Gasteiger partial charge in [-0.25, -0.2) is 15.1 Å². The molecule has 1 aromatic carbocycles. The maximum absolute atomic E-state index is 12.9. The highest BCUT2D eigenvalue weighted by Gasteiger charge is 2.30. The Bertz CT molecular complexity index is 1020. The molecule has 0 bridgehead atoms. The third kappa shape index (κ3) is 8.57. The van der Waals surface area contributed by atoms with Crippen molar-refractivity contribution in [2.45, 2.75) is 45.1 Å². The number of guanidine groups is 1. The van der Waals surface area contributed by atoms with Crippen molar-refractivity contribution in [1.29, 1.82) is 5.41 Å². The van der Waals surface area contributed by atoms with Crippen molar-refractivity contribution >= 4 is 46.4 Å². The van der Waals surface area contributed by atoms with E-state index < -0.39 is 41.9 Å². The number of nitrogens with zero attached hydrogens (tertiary/aromatic N) is 2. The van der Waals surface area contributed by atoms with Crippen molar-refractivity contribution in [2.75, 3.05) is 6.54 Å². The molecule has 0 aliphatic rings. The van der Waals surface area contributed by atoms with Crippen LogP contribution in [0.1, 0.15) is 43.5 Å². The van der Waals surface area contributed by atoms with E-state index in [4.69, 9.17) is 5.41 Å². The Kier molecular flexibility index (Phi) is 10.2. The third-order valence-corrected chi connectivity index (χ3v) is 5.59. The van der Waals surface area contributed by atoms with Crippen LogP contribution in [0.5, 0.6) is 0 Å². The number of nitrogens with one attached hydrogen (secondary N) is 5. The molecule has 15 heteroatoms. The van der Waals surface area contributed by atoms with E-state index in [0.717, 1.165) is 10.2 Å². The Morgan fingerprint density at radius 2 is 2.03 bits per heavy atom. The van der Waals surface area contributed by atoms with Gasteiger partial charge < -0.3 is 26.0 Å². The van der Waals surface area contributed by atoms with Crippen LogP contribution in [0.15, 0.2) is 23.7 Å². The normalized spacial score (nSPS) is 12.6. The van der Waals surface area contributed by atoms with Gasteiger partial charge in [-0.3, -0.25) is 15.0 Å². The number of rotatable bonds is 12. The van der Waals surface area contributed by atoms with Gasteiger partial charge in [0.15, 0.2) is 5.03 Å². The average molecular weight is 493 g/mol. The first-order chi connectivity index (χ1) is 16.1. The van der Waals surface area contributed by atoms with Gasteiger partial charge >= 0.3 is 7.12 Å². The number of hydrazine groups is 1. The molecule has 7 N–H and O–H groups in total. The zero-order valence-electron chi connectivity index (χ0n) is 18.8. The monoisotopic (exact) mass is 493 g/mol. The van der Waals surface area contributed by atoms with Crippen LogP contribution in [0, 0.1) is 21.4 Å². The Balaban J connectivity index is 2.08. The first-order valence-corrected chi connectivity index (χ1v) is 11.5. The van der Waals surface area contributed by atoms with Crippen molar-refractivity contribution in [3.05, 3.63) is 39.4 Å². The van der Waals surface area contributed by atoms with E-state index in [1.807, 2.05) is 13.8 Å². The second-order valence-corrected chi connectivity index (χ2v) is 8.92. The molecule has 0 aliphatic heterocycles. The summed E-state index contributed by atoms with van der Waals surface area (Å²) in [7, 11) is -1.77. The lowest BCUT2D eigenvalue weighted by Gasteiger charge is -2.24. The van der Waals surface area contributed by atoms with Crippen LogP contribution in [0.2, 0.25) is 0 Å². The molecule has 0 radical (unpaired) electrons. The molecule has 0 saturated carbocycles. The number of hydrogen-bond acceptors (Lipinski definition) is 9. The summed E-state index contributed by atoms with van der Waals surface area (Å²) in [6.07, 6.45) is 0.733. The summed E-state index contributed by atoms with van der Waals surface area (Å²) in [5.74, 6) is -2.43. The summed E-state index contributed by atoms with van der Waals surface area (Å²) in [5.41, 5.74) is 4.41. The van der Waals surface area contributed by atoms with E-state index in [9.17, 15) is 29.8 Å². The van der Waals surface area contributed by atoms with E-state index in [1.54, 1.807) is 29.1 Å². The van der Waals surface area contributed by atoms with E-state index in [2.05, 4.69) is 20.9 Å². The fourth-order valence-electron chi connectivity index (χ4n) is 3.20. The predicted molar refractivity (Wildman–Crippen MR) is 128 cm³/mol. The molecule has 2 atom stereocenters. The summed E-state index contributed by atoms with van der Waals surface area (Å²) in [5, 5.41) is 43.9. The Hall–Kier alpha value is -3.30. The van der Waals surface area contributed by atoms with Gasteiger partial charge in [0.25, 0.3) is 11.9 Å². The predicted octanol–water partition coefficient (Wildman–Crippen LogP) is 0.0235. The van der Waals surface area contributed by atoms with Crippen LogP contribution in [-0.4, -0.2) is 63.5 Å². The largest absolute Gasteiger partial charge is 0.475 e. The first-order valence-electron chi connectivity index (χ1n) is 10.6. The Labute approximate surface area is 200 Å². The highest BCUT2D eigenvalue weighted by molar-refractivity contribution is 7.16. The third-order valence-electron chi connectivity index (χ3n) is 4.80. The SMILES string of the molecule is CC(C)C[C@H](NC(=O)[C@H](CCCNC(=N)N[N+](=O)[O-])NC(=O)c1ccc2ncsc2c1)B(O)O. The topological polar surface area (TPSA) is 203 Å². The zero-order valence-corrected chi connectivity index (χ0v) is 19.6. The van der Waals surface area contributed by atoms with Crippen LogP contribution < -0.4 is 21.4 Å². The number of hydrogen-bond donors (Lipinski definition) is 7. The molecule has 184 valence electrons. The molecular weight excluding hydrogens is 465 g/mol. The minimum absolute atomic E-state index is 0.0792. The van der Waals surface area contributed by atoms with E-state index in [0.29, 0.717) is 12.0 Å². The Morgan fingerprint density at radius 3 is 2.68 bits per heavy atom. The molecule has 0 saturated heterocycles. The number of carbonyl (C=O) groups is 2. The van der Waals surface area contributed by atoms with Gasteiger partial charge in [0.2, 0.25) is 5.91 Å². The molecule has 2 amide bonds. The molecule has 0 spiro atoms. The Morgan fingerprint density at radius 1 is 1.29 bits per heavy atom. The minimum Gasteiger partial charge on any atom is -0.426 e. The lowest BCUT2D eigenvalue weighted by atomic mass is 9.75. The quantitative estimate of drug-likeness (QED) is 0.0531. The fraction of sp³-hybridized carbons (Fsp3) is 0.474. The second kappa shape index (κ2) is 12.8. The lowest BCUT2D eigenvalue weighted by Crippen LogP contribution is -2.54. The standard InChI is InChI=1S/C19H28BN7O6S/c1-11(2)8-16(20(30)31)25-18(29)14(4-3-7-22-19(21)26-27(32)33)24-17(28)12-5-6-13-15(9-12)34-10-23-13/h5-6,9-11,14,16,30-31H,3-4,7-8H2,1-2H3,(H,24,28)(H,25,29)(H3,21,22,26)/t14-,16-/m0/s1. The average Bonchev–Trinajstić information content (AvgIpc) is 3.22. The number of amides is 2. The summed E-state index contributed by atoms with van der Waals surface area (Å²) < 4.78 is 0.815. The molecule has 13 nitrogen and oxygen atoms in total. The smallest absolute Gasteiger partial charge is 0.426 e. The van der Waals surface area contributed by atoms with Gasteiger partial charge in [-0.05, 0) is 43.4 Å². The van der Waals surface area contributed by atoms with Crippen LogP contribution in [0.25, 0.3) is 10.2 Å². The number of thiazole rings is 1. The zero-order chi connectivity index (χ0) is 25.3. The lowest BCUT2D eigenvalue weighted by molar-refractivity contribution is -0.525. The van der Waals surface area contributed by atoms with Crippen molar-refractivity contribution in [3.8, 4) is 0 Å². The summed E-state index contributed by atoms with van der Waals surface area (Å²) >= 11 is 1.38. The number of nitro groups is 1. The molecule has 0 aliphatic carbocycles. The molecule has 2 aromatic rings. The number of carbonyl (C=O) groups excluding carboxylic acids is 2. The summed E-state index contributed by atoms with van der Waals surface area (Å²) in [6, 6.07) is 3.95. The van der Waals surface area contributed by atoms with Gasteiger partial charge in [-0.2, -0.15) is 0 Å². The van der Waals surface area contributed by atoms with Crippen LogP contribution >= 0.6 is 11.3 Å². The molecule has 1 aromatic heterocycles. The van der Waals surface area contributed by atoms with Gasteiger partial charge in [-0.1, -0.05) is 19.3 Å². The van der Waals surface area contributed by atoms with Crippen LogP contribution in [0.4, 0.5) is 0 Å². The molecule has 1 heterocycles. The molecule has 0 unspecified atom stereocenters. The highest BCUT2D eigenvalue weighted by Crippen LogP contribution is 2.19. The van der Waals surface area contributed by atoms with Crippen LogP contribution in [-0.2, 0) is 4.79 Å². The van der Waals surface area contributed by atoms with Crippen molar-refractivity contribution in [1.82, 2.24) is 26.4 Å². The van der Waals surface area contributed by atoms with Gasteiger partial charge in [-0.15, -0.1) is 11.3 Å². The maximum atomic E-state index is 12.9. The molecule has 34 heavy (non-hydrogen) atoms. The van der Waals surface area contributed by atoms with E-state index in [1.165, 1.54) is 11.3 Å². The van der Waals surface area contributed by atoms with Crippen molar-refractivity contribution in [3.63, 3.8) is 0 Å². The highest BCUT2D eigenvalue weighted by atomic mass is 32.1. The number of benzene rings is 1. The number of aromatic nitrogens is 1. The van der Waals surface area contributed by atoms with E-state index >= 15 is 0 Å². The van der Waals surface area contributed by atoms with Gasteiger partial charge in [0.05, 0.1) is 21.7 Å². The molecule has 0 fully saturated rings. The van der Waals surface area contributed by atoms with Gasteiger partial charge in [0, 0.05) is 12.1 Å². The minimum atomic E-state index is -1.77.